The van der Waals surface area contributed by atoms with E-state index in [9.17, 15) is 9.59 Å². The lowest BCUT2D eigenvalue weighted by molar-refractivity contribution is -0.141. The van der Waals surface area contributed by atoms with Crippen molar-refractivity contribution in [2.45, 2.75) is 19.1 Å². The van der Waals surface area contributed by atoms with Gasteiger partial charge in [0.2, 0.25) is 0 Å². The molecule has 0 heterocycles. The van der Waals surface area contributed by atoms with Crippen LogP contribution in [0.2, 0.25) is 0 Å². The summed E-state index contributed by atoms with van der Waals surface area (Å²) in [5.74, 6) is 1.88. The maximum Gasteiger partial charge on any atom is 0.302 e. The van der Waals surface area contributed by atoms with Gasteiger partial charge in [0, 0.05) is 43.5 Å². The highest BCUT2D eigenvalue weighted by atomic mass is 32.2. The largest absolute Gasteiger partial charge is 0.465 e. The molecule has 0 aliphatic heterocycles. The molecule has 0 aliphatic carbocycles. The van der Waals surface area contributed by atoms with Crippen LogP contribution in [0.15, 0.2) is 0 Å². The maximum atomic E-state index is 10.7. The van der Waals surface area contributed by atoms with Crippen molar-refractivity contribution in [2.24, 2.45) is 0 Å². The van der Waals surface area contributed by atoms with E-state index < -0.39 is 0 Å². The molecular formula is C14H26O6S2. The quantitative estimate of drug-likeness (QED) is 0.344. The summed E-state index contributed by atoms with van der Waals surface area (Å²) in [7, 11) is 1.64. The van der Waals surface area contributed by atoms with Gasteiger partial charge >= 0.3 is 11.9 Å². The van der Waals surface area contributed by atoms with Gasteiger partial charge in [-0.1, -0.05) is 0 Å². The van der Waals surface area contributed by atoms with E-state index in [2.05, 4.69) is 0 Å². The molecule has 0 aromatic carbocycles. The van der Waals surface area contributed by atoms with Crippen molar-refractivity contribution in [1.82, 2.24) is 0 Å². The molecule has 0 saturated heterocycles. The Hall–Kier alpha value is -0.440. The third-order valence-electron chi connectivity index (χ3n) is 2.31. The summed E-state index contributed by atoms with van der Waals surface area (Å²) in [6.07, 6.45) is 0. The first kappa shape index (κ1) is 21.6. The second-order valence-corrected chi connectivity index (χ2v) is 6.87. The van der Waals surface area contributed by atoms with Crippen molar-refractivity contribution in [3.8, 4) is 0 Å². The van der Waals surface area contributed by atoms with E-state index in [-0.39, 0.29) is 11.9 Å². The summed E-state index contributed by atoms with van der Waals surface area (Å²) in [4.78, 5) is 21.4. The zero-order chi connectivity index (χ0) is 16.6. The first-order chi connectivity index (χ1) is 10.6. The van der Waals surface area contributed by atoms with Gasteiger partial charge in [0.25, 0.3) is 0 Å². The number of esters is 2. The van der Waals surface area contributed by atoms with Gasteiger partial charge < -0.3 is 18.9 Å². The molecule has 6 nitrogen and oxygen atoms in total. The standard InChI is InChI=1S/C14H26O6S2/c1-12(15)19-6-8-21-11-14(10-18-5-4-17-3)22-9-7-20-13(2)16/h14H,4-11H2,1-3H3. The Balaban J connectivity index is 3.83. The molecule has 8 heteroatoms. The Labute approximate surface area is 141 Å². The summed E-state index contributed by atoms with van der Waals surface area (Å²) < 4.78 is 20.3. The Morgan fingerprint density at radius 2 is 1.59 bits per heavy atom. The average Bonchev–Trinajstić information content (AvgIpc) is 2.46. The summed E-state index contributed by atoms with van der Waals surface area (Å²) in [6.45, 7) is 5.40. The normalized spacial score (nSPS) is 12.0. The first-order valence-electron chi connectivity index (χ1n) is 7.09. The predicted octanol–water partition coefficient (Wildman–Crippen LogP) is 1.61. The molecule has 0 bridgehead atoms. The van der Waals surface area contributed by atoms with Crippen LogP contribution < -0.4 is 0 Å². The number of hydrogen-bond acceptors (Lipinski definition) is 8. The maximum absolute atomic E-state index is 10.7. The lowest BCUT2D eigenvalue weighted by atomic mass is 10.5. The zero-order valence-electron chi connectivity index (χ0n) is 13.5. The molecular weight excluding hydrogens is 328 g/mol. The van der Waals surface area contributed by atoms with Gasteiger partial charge in [-0.3, -0.25) is 9.59 Å². The Kier molecular flexibility index (Phi) is 15.1. The highest BCUT2D eigenvalue weighted by molar-refractivity contribution is 8.03. The second kappa shape index (κ2) is 15.5. The Morgan fingerprint density at radius 1 is 0.955 bits per heavy atom. The van der Waals surface area contributed by atoms with Gasteiger partial charge in [-0.2, -0.15) is 23.5 Å². The number of ether oxygens (including phenoxy) is 4. The smallest absolute Gasteiger partial charge is 0.302 e. The fraction of sp³-hybridized carbons (Fsp3) is 0.857. The molecule has 0 amide bonds. The van der Waals surface area contributed by atoms with E-state index in [0.717, 1.165) is 17.3 Å². The predicted molar refractivity (Wildman–Crippen MR) is 89.5 cm³/mol. The molecule has 0 aromatic heterocycles. The van der Waals surface area contributed by atoms with Crippen LogP contribution in [-0.2, 0) is 28.5 Å². The third kappa shape index (κ3) is 15.9. The Bertz CT molecular complexity index is 301. The van der Waals surface area contributed by atoms with E-state index in [1.165, 1.54) is 13.8 Å². The van der Waals surface area contributed by atoms with Crippen molar-refractivity contribution >= 4 is 35.5 Å². The molecule has 0 radical (unpaired) electrons. The van der Waals surface area contributed by atoms with Crippen molar-refractivity contribution < 1.29 is 28.5 Å². The van der Waals surface area contributed by atoms with Crippen LogP contribution in [0.4, 0.5) is 0 Å². The molecule has 1 unspecified atom stereocenters. The van der Waals surface area contributed by atoms with Crippen LogP contribution in [0.25, 0.3) is 0 Å². The number of thioether (sulfide) groups is 2. The molecule has 1 atom stereocenters. The number of methoxy groups -OCH3 is 1. The zero-order valence-corrected chi connectivity index (χ0v) is 15.1. The summed E-state index contributed by atoms with van der Waals surface area (Å²) in [5, 5.41) is 0.301. The third-order valence-corrected chi connectivity index (χ3v) is 4.80. The molecule has 0 fully saturated rings. The molecule has 130 valence electrons. The van der Waals surface area contributed by atoms with Crippen LogP contribution in [0, 0.1) is 0 Å². The molecule has 0 spiro atoms. The van der Waals surface area contributed by atoms with E-state index >= 15 is 0 Å². The fourth-order valence-corrected chi connectivity index (χ4v) is 3.47. The summed E-state index contributed by atoms with van der Waals surface area (Å²) in [5.41, 5.74) is 0. The number of carbonyl (C=O) groups is 2. The van der Waals surface area contributed by atoms with Gasteiger partial charge in [-0.15, -0.1) is 0 Å². The number of rotatable bonds is 14. The molecule has 0 saturated carbocycles. The van der Waals surface area contributed by atoms with Crippen LogP contribution in [-0.4, -0.2) is 74.6 Å². The summed E-state index contributed by atoms with van der Waals surface area (Å²) >= 11 is 3.43. The van der Waals surface area contributed by atoms with Crippen LogP contribution in [0.5, 0.6) is 0 Å². The lowest BCUT2D eigenvalue weighted by Crippen LogP contribution is -2.19. The number of carbonyl (C=O) groups excluding carboxylic acids is 2. The molecule has 0 aromatic rings. The molecule has 0 N–H and O–H groups in total. The van der Waals surface area contributed by atoms with Crippen molar-refractivity contribution in [2.75, 3.05) is 57.4 Å². The molecule has 0 aliphatic rings. The van der Waals surface area contributed by atoms with Crippen LogP contribution in [0.1, 0.15) is 13.8 Å². The van der Waals surface area contributed by atoms with Crippen molar-refractivity contribution in [1.29, 1.82) is 0 Å². The summed E-state index contributed by atoms with van der Waals surface area (Å²) in [6, 6.07) is 0. The second-order valence-electron chi connectivity index (χ2n) is 4.32. The van der Waals surface area contributed by atoms with Gasteiger partial charge in [-0.25, -0.2) is 0 Å². The molecule has 0 rings (SSSR count). The van der Waals surface area contributed by atoms with Crippen molar-refractivity contribution in [3.63, 3.8) is 0 Å². The van der Waals surface area contributed by atoms with Gasteiger partial charge in [0.15, 0.2) is 0 Å². The minimum Gasteiger partial charge on any atom is -0.465 e. The van der Waals surface area contributed by atoms with Crippen LogP contribution in [0.3, 0.4) is 0 Å². The minimum absolute atomic E-state index is 0.254. The topological polar surface area (TPSA) is 71.1 Å². The van der Waals surface area contributed by atoms with Gasteiger partial charge in [-0.05, 0) is 0 Å². The SMILES string of the molecule is COCCOCC(CSCCOC(C)=O)SCCOC(C)=O. The molecule has 22 heavy (non-hydrogen) atoms. The van der Waals surface area contributed by atoms with E-state index in [1.54, 1.807) is 30.6 Å². The van der Waals surface area contributed by atoms with E-state index in [0.29, 0.717) is 38.3 Å². The monoisotopic (exact) mass is 354 g/mol. The highest BCUT2D eigenvalue weighted by Crippen LogP contribution is 2.17. The number of hydrogen-bond donors (Lipinski definition) is 0. The van der Waals surface area contributed by atoms with E-state index in [1.807, 2.05) is 0 Å². The van der Waals surface area contributed by atoms with Gasteiger partial charge in [0.05, 0.1) is 19.8 Å². The first-order valence-corrected chi connectivity index (χ1v) is 9.29. The minimum atomic E-state index is -0.260. The Morgan fingerprint density at radius 3 is 2.18 bits per heavy atom. The lowest BCUT2D eigenvalue weighted by Gasteiger charge is -2.16. The fourth-order valence-electron chi connectivity index (χ4n) is 1.36. The van der Waals surface area contributed by atoms with Gasteiger partial charge in [0.1, 0.15) is 13.2 Å². The van der Waals surface area contributed by atoms with Crippen molar-refractivity contribution in [3.05, 3.63) is 0 Å². The highest BCUT2D eigenvalue weighted by Gasteiger charge is 2.10. The van der Waals surface area contributed by atoms with Crippen LogP contribution >= 0.6 is 23.5 Å². The average molecular weight is 354 g/mol. The van der Waals surface area contributed by atoms with E-state index in [4.69, 9.17) is 18.9 Å².